The van der Waals surface area contributed by atoms with Gasteiger partial charge in [-0.15, -0.1) is 0 Å². The van der Waals surface area contributed by atoms with Gasteiger partial charge in [-0.1, -0.05) is 87.0 Å². The lowest BCUT2D eigenvalue weighted by atomic mass is 9.48. The smallest absolute Gasteiger partial charge is 0.259 e. The van der Waals surface area contributed by atoms with Crippen LogP contribution in [0.2, 0.25) is 0 Å². The standard InChI is InChI=1S/C33H40N2O2/c1-32-18-9-14-27(32)25-15-16-29-33(2,28(25)17-19-32)20-26(30(36)34-29)31(37)35(21-23-10-5-3-6-11-23)22-24-12-7-4-8-13-24/h3-8,10-13,20,25,27-29H,9,14-19,21-22H2,1-2H3,(H,34,36)/t25-,27-,28+,29?,32-,33+/m0/s1. The largest absolute Gasteiger partial charge is 0.348 e. The van der Waals surface area contributed by atoms with Gasteiger partial charge in [-0.25, -0.2) is 0 Å². The molecule has 4 heteroatoms. The maximum Gasteiger partial charge on any atom is 0.259 e. The highest BCUT2D eigenvalue weighted by atomic mass is 16.2. The molecule has 4 nitrogen and oxygen atoms in total. The summed E-state index contributed by atoms with van der Waals surface area (Å²) in [5.74, 6) is 1.67. The third-order valence-corrected chi connectivity index (χ3v) is 10.5. The van der Waals surface area contributed by atoms with Crippen LogP contribution in [0.4, 0.5) is 0 Å². The van der Waals surface area contributed by atoms with Crippen molar-refractivity contribution in [2.24, 2.45) is 28.6 Å². The molecule has 6 rings (SSSR count). The van der Waals surface area contributed by atoms with Crippen molar-refractivity contribution in [1.29, 1.82) is 0 Å². The van der Waals surface area contributed by atoms with E-state index in [1.54, 1.807) is 0 Å². The van der Waals surface area contributed by atoms with Crippen molar-refractivity contribution in [3.05, 3.63) is 83.4 Å². The summed E-state index contributed by atoms with van der Waals surface area (Å²) in [6.45, 7) is 5.81. The summed E-state index contributed by atoms with van der Waals surface area (Å²) in [5.41, 5.74) is 2.80. The molecule has 3 fully saturated rings. The molecule has 194 valence electrons. The van der Waals surface area contributed by atoms with Gasteiger partial charge in [0, 0.05) is 24.5 Å². The molecule has 2 amide bonds. The fourth-order valence-electron chi connectivity index (χ4n) is 8.57. The second kappa shape index (κ2) is 9.45. The number of hydrogen-bond donors (Lipinski definition) is 1. The molecule has 37 heavy (non-hydrogen) atoms. The van der Waals surface area contributed by atoms with Crippen LogP contribution in [-0.2, 0) is 22.7 Å². The zero-order chi connectivity index (χ0) is 25.6. The fourth-order valence-corrected chi connectivity index (χ4v) is 8.57. The van der Waals surface area contributed by atoms with Gasteiger partial charge in [-0.05, 0) is 72.8 Å². The van der Waals surface area contributed by atoms with E-state index in [0.717, 1.165) is 23.5 Å². The average molecular weight is 497 g/mol. The van der Waals surface area contributed by atoms with E-state index < -0.39 is 0 Å². The summed E-state index contributed by atoms with van der Waals surface area (Å²) in [7, 11) is 0. The third-order valence-electron chi connectivity index (χ3n) is 10.5. The highest BCUT2D eigenvalue weighted by Crippen LogP contribution is 2.63. The fraction of sp³-hybridized carbons (Fsp3) is 0.515. The molecule has 0 aromatic heterocycles. The molecule has 3 aliphatic carbocycles. The van der Waals surface area contributed by atoms with E-state index in [-0.39, 0.29) is 23.3 Å². The predicted octanol–water partition coefficient (Wildman–Crippen LogP) is 6.27. The van der Waals surface area contributed by atoms with E-state index in [1.807, 2.05) is 65.6 Å². The Labute approximate surface area is 221 Å². The SMILES string of the molecule is C[C@@]12CCC[C@H]1[C@@H]1CCC3NC(=O)C(C(=O)N(Cc4ccccc4)Cc4ccccc4)=C[C@]3(C)[C@@H]1CC2. The first-order valence-corrected chi connectivity index (χ1v) is 14.3. The van der Waals surface area contributed by atoms with Gasteiger partial charge in [0.25, 0.3) is 11.8 Å². The van der Waals surface area contributed by atoms with E-state index in [2.05, 4.69) is 25.2 Å². The van der Waals surface area contributed by atoms with E-state index >= 15 is 0 Å². The molecule has 0 bridgehead atoms. The van der Waals surface area contributed by atoms with Crippen LogP contribution in [0.15, 0.2) is 72.3 Å². The summed E-state index contributed by atoms with van der Waals surface area (Å²) < 4.78 is 0. The number of carbonyl (C=O) groups excluding carboxylic acids is 2. The number of nitrogens with zero attached hydrogens (tertiary/aromatic N) is 1. The Kier molecular flexibility index (Phi) is 6.25. The van der Waals surface area contributed by atoms with Crippen LogP contribution in [-0.4, -0.2) is 22.8 Å². The van der Waals surface area contributed by atoms with Crippen LogP contribution >= 0.6 is 0 Å². The lowest BCUT2D eigenvalue weighted by Gasteiger charge is -2.58. The lowest BCUT2D eigenvalue weighted by molar-refractivity contribution is -0.134. The molecule has 1 N–H and O–H groups in total. The molecule has 3 saturated carbocycles. The van der Waals surface area contributed by atoms with Gasteiger partial charge in [-0.3, -0.25) is 9.59 Å². The monoisotopic (exact) mass is 496 g/mol. The molecule has 2 aromatic rings. The number of amides is 2. The molecule has 0 spiro atoms. The molecule has 6 atom stereocenters. The number of benzene rings is 2. The van der Waals surface area contributed by atoms with Crippen molar-refractivity contribution in [1.82, 2.24) is 10.2 Å². The van der Waals surface area contributed by atoms with Gasteiger partial charge in [0.15, 0.2) is 0 Å². The van der Waals surface area contributed by atoms with E-state index in [0.29, 0.717) is 35.9 Å². The van der Waals surface area contributed by atoms with Crippen molar-refractivity contribution in [3.63, 3.8) is 0 Å². The molecule has 0 saturated heterocycles. The van der Waals surface area contributed by atoms with Crippen LogP contribution in [0, 0.1) is 28.6 Å². The maximum atomic E-state index is 14.1. The summed E-state index contributed by atoms with van der Waals surface area (Å²) in [6, 6.07) is 20.3. The summed E-state index contributed by atoms with van der Waals surface area (Å²) in [5, 5.41) is 3.32. The van der Waals surface area contributed by atoms with Crippen LogP contribution in [0.3, 0.4) is 0 Å². The van der Waals surface area contributed by atoms with Crippen LogP contribution in [0.25, 0.3) is 0 Å². The molecule has 4 aliphatic rings. The highest BCUT2D eigenvalue weighted by Gasteiger charge is 2.58. The minimum Gasteiger partial charge on any atom is -0.348 e. The Morgan fingerprint density at radius 2 is 1.51 bits per heavy atom. The van der Waals surface area contributed by atoms with Crippen LogP contribution in [0.5, 0.6) is 0 Å². The lowest BCUT2D eigenvalue weighted by Crippen LogP contribution is -2.60. The Hall–Kier alpha value is -2.88. The average Bonchev–Trinajstić information content (AvgIpc) is 3.31. The van der Waals surface area contributed by atoms with Crippen molar-refractivity contribution in [3.8, 4) is 0 Å². The van der Waals surface area contributed by atoms with E-state index in [9.17, 15) is 9.59 Å². The van der Waals surface area contributed by atoms with Crippen LogP contribution in [0.1, 0.15) is 69.9 Å². The third kappa shape index (κ3) is 4.32. The quantitative estimate of drug-likeness (QED) is 0.496. The number of nitrogens with one attached hydrogen (secondary N) is 1. The highest BCUT2D eigenvalue weighted by molar-refractivity contribution is 6.19. The molecule has 1 heterocycles. The first kappa shape index (κ1) is 24.5. The summed E-state index contributed by atoms with van der Waals surface area (Å²) >= 11 is 0. The van der Waals surface area contributed by atoms with Gasteiger partial charge in [0.05, 0.1) is 0 Å². The summed E-state index contributed by atoms with van der Waals surface area (Å²) in [6.07, 6.45) is 10.9. The molecule has 1 unspecified atom stereocenters. The molecule has 0 radical (unpaired) electrons. The van der Waals surface area contributed by atoms with Crippen molar-refractivity contribution >= 4 is 11.8 Å². The summed E-state index contributed by atoms with van der Waals surface area (Å²) in [4.78, 5) is 29.4. The first-order chi connectivity index (χ1) is 17.9. The first-order valence-electron chi connectivity index (χ1n) is 14.3. The number of fused-ring (bicyclic) bond motifs is 5. The topological polar surface area (TPSA) is 49.4 Å². The van der Waals surface area contributed by atoms with Gasteiger partial charge < -0.3 is 10.2 Å². The van der Waals surface area contributed by atoms with Crippen molar-refractivity contribution < 1.29 is 9.59 Å². The van der Waals surface area contributed by atoms with E-state index in [1.165, 1.54) is 38.5 Å². The molecule has 1 aliphatic heterocycles. The normalized spacial score (nSPS) is 34.4. The van der Waals surface area contributed by atoms with Crippen molar-refractivity contribution in [2.75, 3.05) is 0 Å². The number of carbonyl (C=O) groups is 2. The van der Waals surface area contributed by atoms with Gasteiger partial charge in [-0.2, -0.15) is 0 Å². The van der Waals surface area contributed by atoms with E-state index in [4.69, 9.17) is 0 Å². The Morgan fingerprint density at radius 3 is 2.16 bits per heavy atom. The minimum absolute atomic E-state index is 0.125. The zero-order valence-electron chi connectivity index (χ0n) is 22.3. The minimum atomic E-state index is -0.196. The molecular formula is C33H40N2O2. The second-order valence-electron chi connectivity index (χ2n) is 12.6. The Balaban J connectivity index is 1.33. The predicted molar refractivity (Wildman–Crippen MR) is 146 cm³/mol. The number of rotatable bonds is 5. The zero-order valence-corrected chi connectivity index (χ0v) is 22.3. The van der Waals surface area contributed by atoms with Gasteiger partial charge in [0.1, 0.15) is 5.57 Å². The molecular weight excluding hydrogens is 456 g/mol. The Morgan fingerprint density at radius 1 is 0.865 bits per heavy atom. The second-order valence-corrected chi connectivity index (χ2v) is 12.6. The van der Waals surface area contributed by atoms with Gasteiger partial charge in [0.2, 0.25) is 0 Å². The number of hydrogen-bond acceptors (Lipinski definition) is 2. The van der Waals surface area contributed by atoms with Crippen LogP contribution < -0.4 is 5.32 Å². The maximum absolute atomic E-state index is 14.1. The Bertz CT molecular complexity index is 1150. The van der Waals surface area contributed by atoms with Crippen molar-refractivity contribution in [2.45, 2.75) is 77.9 Å². The molecule has 2 aromatic carbocycles. The van der Waals surface area contributed by atoms with Gasteiger partial charge >= 0.3 is 0 Å².